The highest BCUT2D eigenvalue weighted by Crippen LogP contribution is 2.52. The molecule has 1 nitrogen and oxygen atoms in total. The highest BCUT2D eigenvalue weighted by atomic mass is 19.4. The molecule has 0 bridgehead atoms. The third-order valence-corrected chi connectivity index (χ3v) is 4.48. The normalized spacial score (nSPS) is 15.0. The molecule has 0 unspecified atom stereocenters. The molecule has 0 aliphatic rings. The molecule has 0 aromatic carbocycles. The average Bonchev–Trinajstić information content (AvgIpc) is 2.63. The zero-order valence-electron chi connectivity index (χ0n) is 15.7. The maximum absolute atomic E-state index is 13.9. The molecule has 1 aromatic rings. The van der Waals surface area contributed by atoms with Crippen LogP contribution in [-0.2, 0) is 12.8 Å². The van der Waals surface area contributed by atoms with Crippen molar-refractivity contribution in [2.24, 2.45) is 0 Å². The van der Waals surface area contributed by atoms with E-state index in [1.54, 1.807) is 0 Å². The first-order valence-electron chi connectivity index (χ1n) is 8.24. The number of pyridine rings is 1. The van der Waals surface area contributed by atoms with Crippen LogP contribution >= 0.6 is 0 Å². The van der Waals surface area contributed by atoms with Gasteiger partial charge in [0.2, 0.25) is 0 Å². The molecule has 1 aromatic heterocycles. The Morgan fingerprint density at radius 1 is 0.667 bits per heavy atom. The smallest absolute Gasteiger partial charge is 0.261 e. The highest BCUT2D eigenvalue weighted by Gasteiger charge is 2.76. The van der Waals surface area contributed by atoms with Gasteiger partial charge in [-0.2, -0.15) is 52.7 Å². The molecular formula is C16H11F16N. The van der Waals surface area contributed by atoms with Crippen molar-refractivity contribution in [2.45, 2.75) is 68.2 Å². The second-order valence-electron chi connectivity index (χ2n) is 6.79. The van der Waals surface area contributed by atoms with Gasteiger partial charge in [0, 0.05) is 24.7 Å². The summed E-state index contributed by atoms with van der Waals surface area (Å²) < 4.78 is 210. The van der Waals surface area contributed by atoms with E-state index in [2.05, 4.69) is 4.98 Å². The van der Waals surface area contributed by atoms with Crippen LogP contribution in [0.3, 0.4) is 0 Å². The first-order chi connectivity index (χ1) is 14.5. The Hall–Kier alpha value is -1.97. The quantitative estimate of drug-likeness (QED) is 0.308. The number of hydrogen-bond acceptors (Lipinski definition) is 1. The minimum absolute atomic E-state index is 0.145. The van der Waals surface area contributed by atoms with Gasteiger partial charge < -0.3 is 0 Å². The van der Waals surface area contributed by atoms with Crippen LogP contribution in [0.5, 0.6) is 0 Å². The first kappa shape index (κ1) is 29.1. The van der Waals surface area contributed by atoms with Gasteiger partial charge in [-0.25, -0.2) is 17.6 Å². The van der Waals surface area contributed by atoms with E-state index in [1.807, 2.05) is 0 Å². The summed E-state index contributed by atoms with van der Waals surface area (Å²) in [5.74, 6) is -39.1. The van der Waals surface area contributed by atoms with Crippen LogP contribution < -0.4 is 0 Å². The maximum Gasteiger partial charge on any atom is 0.378 e. The molecule has 0 saturated heterocycles. The van der Waals surface area contributed by atoms with Crippen LogP contribution in [0.15, 0.2) is 12.3 Å². The van der Waals surface area contributed by atoms with Gasteiger partial charge in [-0.05, 0) is 24.1 Å². The number of aryl methyl sites for hydroxylation is 1. The SMILES string of the molecule is Cc1nccc(CC(F)(F)C(F)(F)C(F)(F)C(F)F)c1CC(F)(F)C(F)(F)C(F)(F)C(F)F. The van der Waals surface area contributed by atoms with Crippen molar-refractivity contribution in [3.8, 4) is 0 Å². The molecule has 0 atom stereocenters. The lowest BCUT2D eigenvalue weighted by Gasteiger charge is -2.34. The van der Waals surface area contributed by atoms with Crippen LogP contribution in [-0.4, -0.2) is 53.4 Å². The topological polar surface area (TPSA) is 12.9 Å². The minimum Gasteiger partial charge on any atom is -0.261 e. The molecule has 0 saturated carbocycles. The van der Waals surface area contributed by atoms with Crippen molar-refractivity contribution < 1.29 is 70.2 Å². The van der Waals surface area contributed by atoms with Gasteiger partial charge in [0.15, 0.2) is 0 Å². The van der Waals surface area contributed by atoms with Gasteiger partial charge in [-0.3, -0.25) is 4.98 Å². The second kappa shape index (κ2) is 8.67. The summed E-state index contributed by atoms with van der Waals surface area (Å²) in [6, 6.07) is 0.145. The molecule has 1 heterocycles. The molecule has 0 fully saturated rings. The summed E-state index contributed by atoms with van der Waals surface area (Å²) in [6.45, 7) is 0.600. The number of aromatic nitrogens is 1. The number of halogens is 16. The van der Waals surface area contributed by atoms with Gasteiger partial charge in [-0.15, -0.1) is 0 Å². The fraction of sp³-hybridized carbons (Fsp3) is 0.688. The van der Waals surface area contributed by atoms with Gasteiger partial charge in [0.25, 0.3) is 0 Å². The van der Waals surface area contributed by atoms with E-state index in [4.69, 9.17) is 0 Å². The largest absolute Gasteiger partial charge is 0.378 e. The van der Waals surface area contributed by atoms with Gasteiger partial charge >= 0.3 is 48.4 Å². The predicted molar refractivity (Wildman–Crippen MR) is 78.1 cm³/mol. The van der Waals surface area contributed by atoms with Crippen LogP contribution in [0.25, 0.3) is 0 Å². The number of rotatable bonds is 10. The highest BCUT2D eigenvalue weighted by molar-refractivity contribution is 5.33. The zero-order chi connectivity index (χ0) is 26.4. The summed E-state index contributed by atoms with van der Waals surface area (Å²) in [4.78, 5) is 3.16. The molecule has 192 valence electrons. The Morgan fingerprint density at radius 3 is 1.39 bits per heavy atom. The van der Waals surface area contributed by atoms with Gasteiger partial charge in [-0.1, -0.05) is 0 Å². The zero-order valence-corrected chi connectivity index (χ0v) is 15.7. The van der Waals surface area contributed by atoms with E-state index >= 15 is 0 Å². The minimum atomic E-state index is -6.80. The molecule has 0 radical (unpaired) electrons. The first-order valence-corrected chi connectivity index (χ1v) is 8.24. The summed E-state index contributed by atoms with van der Waals surface area (Å²) >= 11 is 0. The van der Waals surface area contributed by atoms with E-state index < -0.39 is 78.0 Å². The van der Waals surface area contributed by atoms with Gasteiger partial charge in [0.1, 0.15) is 0 Å². The molecule has 1 rings (SSSR count). The van der Waals surface area contributed by atoms with E-state index in [9.17, 15) is 70.2 Å². The second-order valence-corrected chi connectivity index (χ2v) is 6.79. The van der Waals surface area contributed by atoms with Crippen LogP contribution in [0, 0.1) is 6.92 Å². The molecule has 0 N–H and O–H groups in total. The molecule has 0 spiro atoms. The monoisotopic (exact) mass is 521 g/mol. The summed E-state index contributed by atoms with van der Waals surface area (Å²) in [5.41, 5.74) is -4.10. The van der Waals surface area contributed by atoms with Crippen LogP contribution in [0.1, 0.15) is 16.8 Å². The van der Waals surface area contributed by atoms with Crippen LogP contribution in [0.2, 0.25) is 0 Å². The maximum atomic E-state index is 13.9. The Labute approximate surface area is 173 Å². The summed E-state index contributed by atoms with van der Waals surface area (Å²) in [7, 11) is 0. The number of nitrogens with zero attached hydrogens (tertiary/aromatic N) is 1. The Bertz CT molecular complexity index is 832. The van der Waals surface area contributed by atoms with Crippen LogP contribution in [0.4, 0.5) is 70.2 Å². The predicted octanol–water partition coefficient (Wildman–Crippen LogP) is 6.82. The van der Waals surface area contributed by atoms with Crippen molar-refractivity contribution >= 4 is 0 Å². The Balaban J connectivity index is 3.50. The van der Waals surface area contributed by atoms with Crippen molar-refractivity contribution in [3.63, 3.8) is 0 Å². The van der Waals surface area contributed by atoms with Crippen molar-refractivity contribution in [3.05, 3.63) is 29.1 Å². The Morgan fingerprint density at radius 2 is 1.03 bits per heavy atom. The van der Waals surface area contributed by atoms with Crippen molar-refractivity contribution in [1.29, 1.82) is 0 Å². The van der Waals surface area contributed by atoms with Gasteiger partial charge in [0.05, 0.1) is 0 Å². The van der Waals surface area contributed by atoms with E-state index in [0.29, 0.717) is 13.1 Å². The molecule has 0 aliphatic carbocycles. The third-order valence-electron chi connectivity index (χ3n) is 4.48. The molecular weight excluding hydrogens is 510 g/mol. The fourth-order valence-electron chi connectivity index (χ4n) is 2.50. The molecule has 17 heteroatoms. The number of alkyl halides is 16. The van der Waals surface area contributed by atoms with E-state index in [0.717, 1.165) is 0 Å². The van der Waals surface area contributed by atoms with Crippen molar-refractivity contribution in [2.75, 3.05) is 0 Å². The van der Waals surface area contributed by atoms with E-state index in [1.165, 1.54) is 0 Å². The molecule has 0 aliphatic heterocycles. The third kappa shape index (κ3) is 4.81. The summed E-state index contributed by atoms with van der Waals surface area (Å²) in [6.07, 6.45) is -15.7. The lowest BCUT2D eigenvalue weighted by Crippen LogP contribution is -2.59. The molecule has 0 amide bonds. The lowest BCUT2D eigenvalue weighted by molar-refractivity contribution is -0.338. The fourth-order valence-corrected chi connectivity index (χ4v) is 2.50. The average molecular weight is 521 g/mol. The summed E-state index contributed by atoms with van der Waals surface area (Å²) in [5, 5.41) is 0. The number of hydrogen-bond donors (Lipinski definition) is 0. The Kier molecular flexibility index (Phi) is 7.63. The molecule has 33 heavy (non-hydrogen) atoms. The lowest BCUT2D eigenvalue weighted by atomic mass is 9.90. The van der Waals surface area contributed by atoms with Crippen molar-refractivity contribution in [1.82, 2.24) is 4.98 Å². The van der Waals surface area contributed by atoms with E-state index in [-0.39, 0.29) is 6.07 Å². The standard InChI is InChI=1S/C16H11F16N/c1-6-8(5-12(23,24)16(31,32)14(27,28)10(19)20)7(2-3-33-6)4-11(21,22)15(29,30)13(25,26)9(17)18/h2-3,9-10H,4-5H2,1H3.